The van der Waals surface area contributed by atoms with Gasteiger partial charge in [0.1, 0.15) is 11.6 Å². The van der Waals surface area contributed by atoms with Gasteiger partial charge in [-0.1, -0.05) is 58.8 Å². The maximum atomic E-state index is 11.6. The van der Waals surface area contributed by atoms with Crippen LogP contribution < -0.4 is 0 Å². The van der Waals surface area contributed by atoms with Crippen molar-refractivity contribution in [3.63, 3.8) is 0 Å². The summed E-state index contributed by atoms with van der Waals surface area (Å²) >= 11 is 0. The number of Topliss-reactive ketones (excluding diaryl/α,β-unsaturated/α-hetero) is 2. The van der Waals surface area contributed by atoms with E-state index < -0.39 is 0 Å². The van der Waals surface area contributed by atoms with Crippen LogP contribution in [-0.4, -0.2) is 24.3 Å². The molecule has 0 aliphatic heterocycles. The van der Waals surface area contributed by atoms with Crippen LogP contribution >= 0.6 is 0 Å². The number of rotatable bonds is 13. The highest BCUT2D eigenvalue weighted by atomic mass is 16.5. The van der Waals surface area contributed by atoms with Gasteiger partial charge < -0.3 is 4.74 Å². The molecular weight excluding hydrogens is 312 g/mol. The van der Waals surface area contributed by atoms with Crippen LogP contribution in [-0.2, 0) is 14.3 Å². The smallest absolute Gasteiger partial charge is 0.133 e. The van der Waals surface area contributed by atoms with Gasteiger partial charge in [-0.25, -0.2) is 0 Å². The number of ketones is 2. The zero-order valence-corrected chi connectivity index (χ0v) is 16.6. The van der Waals surface area contributed by atoms with E-state index in [9.17, 15) is 9.59 Å². The van der Waals surface area contributed by atoms with E-state index in [0.29, 0.717) is 55.0 Å². The Kier molecular flexibility index (Phi) is 8.12. The summed E-state index contributed by atoms with van der Waals surface area (Å²) in [5, 5.41) is 0. The molecule has 2 aliphatic carbocycles. The average molecular weight is 351 g/mol. The Hall–Kier alpha value is -0.700. The fourth-order valence-corrected chi connectivity index (χ4v) is 5.15. The molecule has 25 heavy (non-hydrogen) atoms. The Morgan fingerprint density at radius 1 is 0.880 bits per heavy atom. The second-order valence-electron chi connectivity index (χ2n) is 8.43. The molecule has 0 aromatic heterocycles. The summed E-state index contributed by atoms with van der Waals surface area (Å²) in [6.07, 6.45) is 14.0. The predicted molar refractivity (Wildman–Crippen MR) is 102 cm³/mol. The number of hydrogen-bond acceptors (Lipinski definition) is 3. The minimum atomic E-state index is -0.139. The first-order chi connectivity index (χ1) is 12.1. The van der Waals surface area contributed by atoms with Crippen LogP contribution in [0.25, 0.3) is 0 Å². The van der Waals surface area contributed by atoms with Gasteiger partial charge in [0, 0.05) is 32.8 Å². The number of carbonyl (C=O) groups is 2. The average Bonchev–Trinajstić information content (AvgIpc) is 2.56. The van der Waals surface area contributed by atoms with Crippen molar-refractivity contribution < 1.29 is 14.3 Å². The van der Waals surface area contributed by atoms with Crippen molar-refractivity contribution in [3.05, 3.63) is 0 Å². The van der Waals surface area contributed by atoms with Gasteiger partial charge in [-0.05, 0) is 30.6 Å². The molecule has 0 bridgehead atoms. The first kappa shape index (κ1) is 20.6. The molecule has 0 radical (unpaired) electrons. The maximum Gasteiger partial charge on any atom is 0.133 e. The van der Waals surface area contributed by atoms with Crippen LogP contribution in [0.15, 0.2) is 0 Å². The molecule has 2 rings (SSSR count). The Morgan fingerprint density at radius 3 is 1.76 bits per heavy atom. The Labute approximate surface area is 154 Å². The van der Waals surface area contributed by atoms with Gasteiger partial charge in [0.05, 0.1) is 5.60 Å². The summed E-state index contributed by atoms with van der Waals surface area (Å²) in [7, 11) is 1.85. The molecule has 0 aromatic rings. The van der Waals surface area contributed by atoms with Gasteiger partial charge in [-0.2, -0.15) is 0 Å². The van der Waals surface area contributed by atoms with E-state index in [2.05, 4.69) is 13.8 Å². The lowest BCUT2D eigenvalue weighted by atomic mass is 9.56. The molecule has 0 spiro atoms. The molecule has 144 valence electrons. The minimum Gasteiger partial charge on any atom is -0.378 e. The van der Waals surface area contributed by atoms with Crippen molar-refractivity contribution in [2.45, 2.75) is 103 Å². The van der Waals surface area contributed by atoms with Gasteiger partial charge >= 0.3 is 0 Å². The lowest BCUT2D eigenvalue weighted by molar-refractivity contribution is -0.155. The highest BCUT2D eigenvalue weighted by Gasteiger charge is 2.52. The highest BCUT2D eigenvalue weighted by Crippen LogP contribution is 2.51. The van der Waals surface area contributed by atoms with Crippen LogP contribution in [0, 0.1) is 17.8 Å². The topological polar surface area (TPSA) is 43.4 Å². The van der Waals surface area contributed by atoms with Crippen molar-refractivity contribution >= 4 is 11.6 Å². The molecule has 0 aromatic carbocycles. The third kappa shape index (κ3) is 5.15. The molecule has 2 aliphatic rings. The second kappa shape index (κ2) is 9.85. The number of ether oxygens (including phenoxy) is 1. The van der Waals surface area contributed by atoms with Gasteiger partial charge in [-0.3, -0.25) is 9.59 Å². The Morgan fingerprint density at radius 2 is 1.36 bits per heavy atom. The second-order valence-corrected chi connectivity index (χ2v) is 8.43. The first-order valence-corrected chi connectivity index (χ1v) is 10.6. The third-order valence-electron chi connectivity index (χ3n) is 6.79. The molecule has 2 saturated carbocycles. The molecule has 0 saturated heterocycles. The van der Waals surface area contributed by atoms with E-state index in [1.165, 1.54) is 44.9 Å². The van der Waals surface area contributed by atoms with Crippen LogP contribution in [0.3, 0.4) is 0 Å². The molecule has 1 atom stereocenters. The molecule has 3 nitrogen and oxygen atoms in total. The van der Waals surface area contributed by atoms with Crippen molar-refractivity contribution in [2.75, 3.05) is 7.11 Å². The predicted octanol–water partition coefficient (Wildman–Crippen LogP) is 5.50. The minimum absolute atomic E-state index is 0.139. The van der Waals surface area contributed by atoms with Gasteiger partial charge in [0.25, 0.3) is 0 Å². The summed E-state index contributed by atoms with van der Waals surface area (Å²) in [5.41, 5.74) is -0.139. The van der Waals surface area contributed by atoms with Crippen LogP contribution in [0.1, 0.15) is 97.3 Å². The van der Waals surface area contributed by atoms with E-state index in [4.69, 9.17) is 4.74 Å². The maximum absolute atomic E-state index is 11.6. The summed E-state index contributed by atoms with van der Waals surface area (Å²) in [6, 6.07) is 0. The fourth-order valence-electron chi connectivity index (χ4n) is 5.15. The summed E-state index contributed by atoms with van der Waals surface area (Å²) < 4.78 is 6.16. The molecule has 0 heterocycles. The van der Waals surface area contributed by atoms with Gasteiger partial charge in [-0.15, -0.1) is 0 Å². The Balaban J connectivity index is 1.91. The molecule has 0 N–H and O–H groups in total. The number of methoxy groups -OCH3 is 1. The summed E-state index contributed by atoms with van der Waals surface area (Å²) in [6.45, 7) is 4.48. The van der Waals surface area contributed by atoms with E-state index in [1.807, 2.05) is 7.11 Å². The largest absolute Gasteiger partial charge is 0.378 e. The zero-order chi connectivity index (χ0) is 18.3. The lowest BCUT2D eigenvalue weighted by Crippen LogP contribution is -2.53. The van der Waals surface area contributed by atoms with Crippen molar-refractivity contribution in [1.82, 2.24) is 0 Å². The standard InChI is InChI=1S/C22H38O3/c1-4-6-7-8-9-10-11-12-22(5-2,25-3)21(17-13-19(23)14-17)18-15-20(24)16-18/h17-18,21H,4-16H2,1-3H3. The monoisotopic (exact) mass is 350 g/mol. The lowest BCUT2D eigenvalue weighted by Gasteiger charge is -2.51. The number of unbranched alkanes of at least 4 members (excludes halogenated alkanes) is 6. The summed E-state index contributed by atoms with van der Waals surface area (Å²) in [5.74, 6) is 2.04. The SMILES string of the molecule is CCCCCCCCCC(CC)(OC)C(C1CC(=O)C1)C1CC(=O)C1. The van der Waals surface area contributed by atoms with Crippen molar-refractivity contribution in [2.24, 2.45) is 17.8 Å². The van der Waals surface area contributed by atoms with Gasteiger partial charge in [0.2, 0.25) is 0 Å². The van der Waals surface area contributed by atoms with E-state index in [1.54, 1.807) is 0 Å². The quantitative estimate of drug-likeness (QED) is 0.412. The van der Waals surface area contributed by atoms with Crippen LogP contribution in [0.2, 0.25) is 0 Å². The van der Waals surface area contributed by atoms with Crippen molar-refractivity contribution in [1.29, 1.82) is 0 Å². The normalized spacial score (nSPS) is 21.3. The molecule has 2 fully saturated rings. The van der Waals surface area contributed by atoms with E-state index >= 15 is 0 Å². The zero-order valence-electron chi connectivity index (χ0n) is 16.6. The fraction of sp³-hybridized carbons (Fsp3) is 0.909. The van der Waals surface area contributed by atoms with Crippen LogP contribution in [0.4, 0.5) is 0 Å². The summed E-state index contributed by atoms with van der Waals surface area (Å²) in [4.78, 5) is 23.2. The molecule has 1 unspecified atom stereocenters. The van der Waals surface area contributed by atoms with E-state index in [-0.39, 0.29) is 5.60 Å². The van der Waals surface area contributed by atoms with E-state index in [0.717, 1.165) is 12.8 Å². The molecule has 3 heteroatoms. The van der Waals surface area contributed by atoms with Gasteiger partial charge in [0.15, 0.2) is 0 Å². The number of hydrogen-bond donors (Lipinski definition) is 0. The van der Waals surface area contributed by atoms with Crippen LogP contribution in [0.5, 0.6) is 0 Å². The molecular formula is C22H38O3. The first-order valence-electron chi connectivity index (χ1n) is 10.6. The Bertz CT molecular complexity index is 399. The third-order valence-corrected chi connectivity index (χ3v) is 6.79. The highest BCUT2D eigenvalue weighted by molar-refractivity contribution is 5.86. The molecule has 0 amide bonds. The number of carbonyl (C=O) groups excluding carboxylic acids is 2. The van der Waals surface area contributed by atoms with Crippen molar-refractivity contribution in [3.8, 4) is 0 Å².